The van der Waals surface area contributed by atoms with Crippen LogP contribution in [0.25, 0.3) is 11.3 Å². The van der Waals surface area contributed by atoms with Crippen molar-refractivity contribution in [2.24, 2.45) is 11.7 Å². The predicted octanol–water partition coefficient (Wildman–Crippen LogP) is 4.32. The summed E-state index contributed by atoms with van der Waals surface area (Å²) in [6.45, 7) is 10.4. The van der Waals surface area contributed by atoms with Crippen molar-refractivity contribution in [2.45, 2.75) is 60.0 Å². The Morgan fingerprint density at radius 2 is 1.95 bits per heavy atom. The maximum absolute atomic E-state index is 6.00. The van der Waals surface area contributed by atoms with Gasteiger partial charge in [0.05, 0.1) is 11.4 Å². The third-order valence-electron chi connectivity index (χ3n) is 4.01. The van der Waals surface area contributed by atoms with Crippen LogP contribution in [0.3, 0.4) is 0 Å². The summed E-state index contributed by atoms with van der Waals surface area (Å²) in [7, 11) is 0. The van der Waals surface area contributed by atoms with Gasteiger partial charge < -0.3 is 10.3 Å². The van der Waals surface area contributed by atoms with Gasteiger partial charge in [-0.2, -0.15) is 0 Å². The van der Waals surface area contributed by atoms with Crippen LogP contribution in [0.1, 0.15) is 50.7 Å². The molecule has 2 N–H and O–H groups in total. The molecule has 0 saturated carbocycles. The average Bonchev–Trinajstić information content (AvgIpc) is 2.82. The zero-order valence-electron chi connectivity index (χ0n) is 14.4. The van der Waals surface area contributed by atoms with E-state index in [1.54, 1.807) is 0 Å². The summed E-state index contributed by atoms with van der Waals surface area (Å²) in [5.74, 6) is 1.78. The molecule has 3 heteroatoms. The highest BCUT2D eigenvalue weighted by Gasteiger charge is 2.19. The van der Waals surface area contributed by atoms with E-state index >= 15 is 0 Å². The van der Waals surface area contributed by atoms with Crippen LogP contribution in [0.4, 0.5) is 0 Å². The first kappa shape index (κ1) is 16.8. The number of hydrogen-bond acceptors (Lipinski definition) is 2. The first-order valence-corrected chi connectivity index (χ1v) is 8.42. The van der Waals surface area contributed by atoms with E-state index < -0.39 is 0 Å². The molecule has 0 radical (unpaired) electrons. The zero-order chi connectivity index (χ0) is 16.1. The molecular formula is C19H29N3. The molecule has 2 rings (SSSR count). The van der Waals surface area contributed by atoms with E-state index in [2.05, 4.69) is 56.5 Å². The van der Waals surface area contributed by atoms with Gasteiger partial charge in [-0.25, -0.2) is 4.98 Å². The Labute approximate surface area is 134 Å². The van der Waals surface area contributed by atoms with Crippen molar-refractivity contribution in [3.05, 3.63) is 41.3 Å². The van der Waals surface area contributed by atoms with Crippen LogP contribution >= 0.6 is 0 Å². The molecule has 22 heavy (non-hydrogen) atoms. The second-order valence-electron chi connectivity index (χ2n) is 6.45. The summed E-state index contributed by atoms with van der Waals surface area (Å²) in [4.78, 5) is 4.87. The highest BCUT2D eigenvalue weighted by atomic mass is 15.1. The number of aromatic nitrogens is 2. The number of nitrogens with two attached hydrogens (primary N) is 1. The largest absolute Gasteiger partial charge is 0.327 e. The molecule has 0 unspecified atom stereocenters. The van der Waals surface area contributed by atoms with Crippen LogP contribution in [0, 0.1) is 12.8 Å². The topological polar surface area (TPSA) is 43.8 Å². The summed E-state index contributed by atoms with van der Waals surface area (Å²) < 4.78 is 2.41. The SMILES string of the molecule is CCCCc1nc(CN)c(-c2ccccc2C)n1CC(C)C. The van der Waals surface area contributed by atoms with Gasteiger partial charge in [-0.3, -0.25) is 0 Å². The fourth-order valence-electron chi connectivity index (χ4n) is 2.92. The van der Waals surface area contributed by atoms with Crippen molar-refractivity contribution in [3.63, 3.8) is 0 Å². The molecule has 0 saturated heterocycles. The van der Waals surface area contributed by atoms with Gasteiger partial charge in [-0.1, -0.05) is 51.5 Å². The highest BCUT2D eigenvalue weighted by Crippen LogP contribution is 2.29. The van der Waals surface area contributed by atoms with Crippen molar-refractivity contribution in [1.29, 1.82) is 0 Å². The lowest BCUT2D eigenvalue weighted by Crippen LogP contribution is -2.11. The minimum atomic E-state index is 0.494. The van der Waals surface area contributed by atoms with Gasteiger partial charge in [0.15, 0.2) is 0 Å². The maximum Gasteiger partial charge on any atom is 0.109 e. The summed E-state index contributed by atoms with van der Waals surface area (Å²) in [5.41, 5.74) is 10.8. The first-order valence-electron chi connectivity index (χ1n) is 8.42. The predicted molar refractivity (Wildman–Crippen MR) is 93.7 cm³/mol. The molecule has 0 atom stereocenters. The number of nitrogens with zero attached hydrogens (tertiary/aromatic N) is 2. The zero-order valence-corrected chi connectivity index (χ0v) is 14.4. The van der Waals surface area contributed by atoms with Crippen molar-refractivity contribution in [1.82, 2.24) is 9.55 Å². The molecule has 1 aromatic heterocycles. The number of rotatable bonds is 7. The normalized spacial score (nSPS) is 11.4. The molecule has 0 amide bonds. The molecule has 0 bridgehead atoms. The van der Waals surface area contributed by atoms with Gasteiger partial charge in [-0.05, 0) is 24.8 Å². The average molecular weight is 299 g/mol. The molecule has 3 nitrogen and oxygen atoms in total. The van der Waals surface area contributed by atoms with E-state index in [0.29, 0.717) is 12.5 Å². The lowest BCUT2D eigenvalue weighted by atomic mass is 10.0. The molecule has 0 spiro atoms. The number of benzene rings is 1. The minimum Gasteiger partial charge on any atom is -0.327 e. The summed E-state index contributed by atoms with van der Waals surface area (Å²) in [6, 6.07) is 8.53. The summed E-state index contributed by atoms with van der Waals surface area (Å²) >= 11 is 0. The highest BCUT2D eigenvalue weighted by molar-refractivity contribution is 5.67. The maximum atomic E-state index is 6.00. The Morgan fingerprint density at radius 1 is 1.23 bits per heavy atom. The van der Waals surface area contributed by atoms with Gasteiger partial charge >= 0.3 is 0 Å². The third kappa shape index (κ3) is 3.58. The van der Waals surface area contributed by atoms with Crippen LogP contribution < -0.4 is 5.73 Å². The van der Waals surface area contributed by atoms with Crippen LogP contribution in [0.5, 0.6) is 0 Å². The number of unbranched alkanes of at least 4 members (excludes halogenated alkanes) is 1. The Bertz CT molecular complexity index is 611. The van der Waals surface area contributed by atoms with Crippen molar-refractivity contribution in [2.75, 3.05) is 0 Å². The number of aryl methyl sites for hydroxylation is 2. The monoisotopic (exact) mass is 299 g/mol. The van der Waals surface area contributed by atoms with Crippen LogP contribution in [-0.2, 0) is 19.5 Å². The van der Waals surface area contributed by atoms with Gasteiger partial charge in [0.25, 0.3) is 0 Å². The molecule has 120 valence electrons. The van der Waals surface area contributed by atoms with E-state index in [9.17, 15) is 0 Å². The van der Waals surface area contributed by atoms with Gasteiger partial charge in [-0.15, -0.1) is 0 Å². The quantitative estimate of drug-likeness (QED) is 0.827. The number of imidazole rings is 1. The lowest BCUT2D eigenvalue weighted by molar-refractivity contribution is 0.506. The molecule has 2 aromatic rings. The standard InChI is InChI=1S/C19H29N3/c1-5-6-11-18-21-17(12-20)19(22(18)13-14(2)3)16-10-8-7-9-15(16)4/h7-10,14H,5-6,11-13,20H2,1-4H3. The van der Waals surface area contributed by atoms with Crippen LogP contribution in [0.2, 0.25) is 0 Å². The fraction of sp³-hybridized carbons (Fsp3) is 0.526. The first-order chi connectivity index (χ1) is 10.6. The van der Waals surface area contributed by atoms with E-state index in [4.69, 9.17) is 10.7 Å². The van der Waals surface area contributed by atoms with Gasteiger partial charge in [0.2, 0.25) is 0 Å². The molecular weight excluding hydrogens is 270 g/mol. The number of hydrogen-bond donors (Lipinski definition) is 1. The van der Waals surface area contributed by atoms with Crippen LogP contribution in [0.15, 0.2) is 24.3 Å². The smallest absolute Gasteiger partial charge is 0.109 e. The molecule has 0 aliphatic heterocycles. The fourth-order valence-corrected chi connectivity index (χ4v) is 2.92. The van der Waals surface area contributed by atoms with Gasteiger partial charge in [0, 0.05) is 25.1 Å². The van der Waals surface area contributed by atoms with Crippen molar-refractivity contribution < 1.29 is 0 Å². The van der Waals surface area contributed by atoms with E-state index in [0.717, 1.165) is 18.7 Å². The van der Waals surface area contributed by atoms with Gasteiger partial charge in [0.1, 0.15) is 5.82 Å². The van der Waals surface area contributed by atoms with Crippen LogP contribution in [-0.4, -0.2) is 9.55 Å². The Kier molecular flexibility index (Phi) is 5.78. The van der Waals surface area contributed by atoms with E-state index in [1.165, 1.54) is 35.5 Å². The Morgan fingerprint density at radius 3 is 2.55 bits per heavy atom. The molecule has 0 fully saturated rings. The Hall–Kier alpha value is -1.61. The summed E-state index contributed by atoms with van der Waals surface area (Å²) in [5, 5.41) is 0. The molecule has 1 aromatic carbocycles. The third-order valence-corrected chi connectivity index (χ3v) is 4.01. The molecule has 1 heterocycles. The van der Waals surface area contributed by atoms with E-state index in [1.807, 2.05) is 0 Å². The molecule has 0 aliphatic rings. The summed E-state index contributed by atoms with van der Waals surface area (Å²) in [6.07, 6.45) is 3.39. The second-order valence-corrected chi connectivity index (χ2v) is 6.45. The Balaban J connectivity index is 2.58. The molecule has 0 aliphatic carbocycles. The minimum absolute atomic E-state index is 0.494. The van der Waals surface area contributed by atoms with Crippen molar-refractivity contribution >= 4 is 0 Å². The van der Waals surface area contributed by atoms with E-state index in [-0.39, 0.29) is 0 Å². The lowest BCUT2D eigenvalue weighted by Gasteiger charge is -2.16. The second kappa shape index (κ2) is 7.59. The van der Waals surface area contributed by atoms with Crippen molar-refractivity contribution in [3.8, 4) is 11.3 Å².